The van der Waals surface area contributed by atoms with Crippen molar-refractivity contribution in [2.75, 3.05) is 11.9 Å². The molecule has 4 rings (SSSR count). The van der Waals surface area contributed by atoms with Gasteiger partial charge in [-0.1, -0.05) is 60.2 Å². The second-order valence-electron chi connectivity index (χ2n) is 6.76. The predicted molar refractivity (Wildman–Crippen MR) is 104 cm³/mol. The average Bonchev–Trinajstić information content (AvgIpc) is 2.68. The van der Waals surface area contributed by atoms with Gasteiger partial charge in [0.25, 0.3) is 0 Å². The fraction of sp³-hybridized carbons (Fsp3) is 0.174. The molecule has 0 radical (unpaired) electrons. The fourth-order valence-corrected chi connectivity index (χ4v) is 3.26. The van der Waals surface area contributed by atoms with Crippen LogP contribution >= 0.6 is 0 Å². The van der Waals surface area contributed by atoms with Crippen LogP contribution in [0.2, 0.25) is 0 Å². The molecule has 0 saturated heterocycles. The van der Waals surface area contributed by atoms with Crippen LogP contribution in [0.4, 0.5) is 5.69 Å². The standard InChI is InChI=1S/C23H21NO2/c1-16-9-11-17(12-10-16)18-6-4-7-21(14-18)24-23(25)20-13-19-5-2-3-8-22(19)26-15-20/h2-12,14,20H,13,15H2,1H3,(H,24,25). The van der Waals surface area contributed by atoms with E-state index in [4.69, 9.17) is 4.74 Å². The number of benzene rings is 3. The lowest BCUT2D eigenvalue weighted by molar-refractivity contribution is -0.121. The normalized spacial score (nSPS) is 15.7. The summed E-state index contributed by atoms with van der Waals surface area (Å²) in [6.07, 6.45) is 0.708. The first-order valence-electron chi connectivity index (χ1n) is 8.88. The van der Waals surface area contributed by atoms with Gasteiger partial charge >= 0.3 is 0 Å². The second-order valence-corrected chi connectivity index (χ2v) is 6.76. The van der Waals surface area contributed by atoms with Gasteiger partial charge in [-0.3, -0.25) is 4.79 Å². The molecule has 0 aliphatic carbocycles. The monoisotopic (exact) mass is 343 g/mol. The number of ether oxygens (including phenoxy) is 1. The minimum absolute atomic E-state index is 0.000518. The molecule has 3 aromatic carbocycles. The van der Waals surface area contributed by atoms with Gasteiger partial charge in [0, 0.05) is 5.69 Å². The maximum absolute atomic E-state index is 12.7. The molecule has 0 spiro atoms. The minimum atomic E-state index is -0.173. The molecule has 26 heavy (non-hydrogen) atoms. The van der Waals surface area contributed by atoms with Crippen LogP contribution in [0.15, 0.2) is 72.8 Å². The van der Waals surface area contributed by atoms with Gasteiger partial charge in [0.2, 0.25) is 5.91 Å². The van der Waals surface area contributed by atoms with Gasteiger partial charge in [0.05, 0.1) is 5.92 Å². The lowest BCUT2D eigenvalue weighted by Crippen LogP contribution is -2.32. The Labute approximate surface area is 153 Å². The highest BCUT2D eigenvalue weighted by atomic mass is 16.5. The maximum Gasteiger partial charge on any atom is 0.231 e. The predicted octanol–water partition coefficient (Wildman–Crippen LogP) is 4.85. The zero-order valence-electron chi connectivity index (χ0n) is 14.7. The second kappa shape index (κ2) is 7.04. The Bertz CT molecular complexity index is 931. The molecule has 1 aliphatic heterocycles. The molecule has 1 amide bonds. The topological polar surface area (TPSA) is 38.3 Å². The van der Waals surface area contributed by atoms with Gasteiger partial charge in [-0.15, -0.1) is 0 Å². The summed E-state index contributed by atoms with van der Waals surface area (Å²) in [6.45, 7) is 2.49. The number of carbonyl (C=O) groups excluding carboxylic acids is 1. The molecule has 130 valence electrons. The third-order valence-electron chi connectivity index (χ3n) is 4.76. The Hall–Kier alpha value is -3.07. The highest BCUT2D eigenvalue weighted by Gasteiger charge is 2.25. The highest BCUT2D eigenvalue weighted by molar-refractivity contribution is 5.93. The van der Waals surface area contributed by atoms with E-state index in [1.165, 1.54) is 5.56 Å². The van der Waals surface area contributed by atoms with Gasteiger partial charge in [0.1, 0.15) is 12.4 Å². The van der Waals surface area contributed by atoms with Crippen molar-refractivity contribution in [3.8, 4) is 16.9 Å². The zero-order chi connectivity index (χ0) is 17.9. The summed E-state index contributed by atoms with van der Waals surface area (Å²) in [4.78, 5) is 12.7. The lowest BCUT2D eigenvalue weighted by atomic mass is 9.96. The van der Waals surface area contributed by atoms with Gasteiger partial charge in [-0.25, -0.2) is 0 Å². The number of fused-ring (bicyclic) bond motifs is 1. The summed E-state index contributed by atoms with van der Waals surface area (Å²) in [5.74, 6) is 0.714. The van der Waals surface area contributed by atoms with E-state index in [1.807, 2.05) is 42.5 Å². The van der Waals surface area contributed by atoms with Crippen molar-refractivity contribution >= 4 is 11.6 Å². The highest BCUT2D eigenvalue weighted by Crippen LogP contribution is 2.28. The minimum Gasteiger partial charge on any atom is -0.492 e. The van der Waals surface area contributed by atoms with Crippen molar-refractivity contribution in [3.05, 3.63) is 83.9 Å². The van der Waals surface area contributed by atoms with Gasteiger partial charge in [-0.2, -0.15) is 0 Å². The molecule has 1 aliphatic rings. The van der Waals surface area contributed by atoms with Crippen molar-refractivity contribution < 1.29 is 9.53 Å². The number of anilines is 1. The van der Waals surface area contributed by atoms with Crippen molar-refractivity contribution in [3.63, 3.8) is 0 Å². The SMILES string of the molecule is Cc1ccc(-c2cccc(NC(=O)C3COc4ccccc4C3)c2)cc1. The van der Waals surface area contributed by atoms with Crippen LogP contribution in [0.1, 0.15) is 11.1 Å². The molecular weight excluding hydrogens is 322 g/mol. The fourth-order valence-electron chi connectivity index (χ4n) is 3.26. The number of hydrogen-bond acceptors (Lipinski definition) is 2. The molecule has 0 bridgehead atoms. The molecule has 0 aromatic heterocycles. The summed E-state index contributed by atoms with van der Waals surface area (Å²) in [7, 11) is 0. The number of rotatable bonds is 3. The number of hydrogen-bond donors (Lipinski definition) is 1. The van der Waals surface area contributed by atoms with E-state index < -0.39 is 0 Å². The molecular formula is C23H21NO2. The van der Waals surface area contributed by atoms with Crippen LogP contribution in [0.3, 0.4) is 0 Å². The van der Waals surface area contributed by atoms with E-state index in [0.29, 0.717) is 13.0 Å². The largest absolute Gasteiger partial charge is 0.492 e. The van der Waals surface area contributed by atoms with E-state index in [0.717, 1.165) is 28.1 Å². The lowest BCUT2D eigenvalue weighted by Gasteiger charge is -2.24. The van der Waals surface area contributed by atoms with Crippen LogP contribution in [0.5, 0.6) is 5.75 Å². The van der Waals surface area contributed by atoms with Crippen LogP contribution in [-0.4, -0.2) is 12.5 Å². The maximum atomic E-state index is 12.7. The van der Waals surface area contributed by atoms with E-state index in [9.17, 15) is 4.79 Å². The Kier molecular flexibility index (Phi) is 4.44. The van der Waals surface area contributed by atoms with Crippen molar-refractivity contribution in [1.29, 1.82) is 0 Å². The molecule has 3 aromatic rings. The van der Waals surface area contributed by atoms with Crippen LogP contribution in [0.25, 0.3) is 11.1 Å². The van der Waals surface area contributed by atoms with Gasteiger partial charge < -0.3 is 10.1 Å². The quantitative estimate of drug-likeness (QED) is 0.738. The van der Waals surface area contributed by atoms with Crippen LogP contribution in [-0.2, 0) is 11.2 Å². The summed E-state index contributed by atoms with van der Waals surface area (Å²) in [5, 5.41) is 3.05. The molecule has 1 atom stereocenters. The van der Waals surface area contributed by atoms with Crippen LogP contribution < -0.4 is 10.1 Å². The van der Waals surface area contributed by atoms with Crippen LogP contribution in [0, 0.1) is 12.8 Å². The number of nitrogens with one attached hydrogen (secondary N) is 1. The van der Waals surface area contributed by atoms with E-state index >= 15 is 0 Å². The third-order valence-corrected chi connectivity index (χ3v) is 4.76. The van der Waals surface area contributed by atoms with Gasteiger partial charge in [-0.05, 0) is 48.2 Å². The average molecular weight is 343 g/mol. The summed E-state index contributed by atoms with van der Waals surface area (Å²) >= 11 is 0. The van der Waals surface area contributed by atoms with Crippen molar-refractivity contribution in [1.82, 2.24) is 0 Å². The first-order chi connectivity index (χ1) is 12.7. The molecule has 3 heteroatoms. The number of amides is 1. The first kappa shape index (κ1) is 16.4. The van der Waals surface area contributed by atoms with Crippen molar-refractivity contribution in [2.45, 2.75) is 13.3 Å². The first-order valence-corrected chi connectivity index (χ1v) is 8.88. The Morgan fingerprint density at radius 2 is 1.77 bits per heavy atom. The summed E-state index contributed by atoms with van der Waals surface area (Å²) in [6, 6.07) is 24.3. The summed E-state index contributed by atoms with van der Waals surface area (Å²) < 4.78 is 5.74. The third kappa shape index (κ3) is 3.47. The molecule has 0 saturated carbocycles. The zero-order valence-corrected chi connectivity index (χ0v) is 14.7. The smallest absolute Gasteiger partial charge is 0.231 e. The molecule has 0 fully saturated rings. The van der Waals surface area contributed by atoms with Gasteiger partial charge in [0.15, 0.2) is 0 Å². The van der Waals surface area contributed by atoms with Crippen molar-refractivity contribution in [2.24, 2.45) is 5.92 Å². The number of para-hydroxylation sites is 1. The molecule has 3 nitrogen and oxygen atoms in total. The number of aryl methyl sites for hydroxylation is 1. The Morgan fingerprint density at radius 1 is 0.962 bits per heavy atom. The van der Waals surface area contributed by atoms with E-state index in [-0.39, 0.29) is 11.8 Å². The number of carbonyl (C=O) groups is 1. The van der Waals surface area contributed by atoms with E-state index in [2.05, 4.69) is 42.6 Å². The summed E-state index contributed by atoms with van der Waals surface area (Å²) in [5.41, 5.74) is 5.37. The molecule has 1 N–H and O–H groups in total. The molecule has 1 unspecified atom stereocenters. The Morgan fingerprint density at radius 3 is 2.62 bits per heavy atom. The van der Waals surface area contributed by atoms with E-state index in [1.54, 1.807) is 0 Å². The Balaban J connectivity index is 1.48. The molecule has 1 heterocycles.